The van der Waals surface area contributed by atoms with Gasteiger partial charge in [-0.25, -0.2) is 9.97 Å². The van der Waals surface area contributed by atoms with Crippen LogP contribution in [0.5, 0.6) is 0 Å². The van der Waals surface area contributed by atoms with Crippen LogP contribution in [0.1, 0.15) is 21.5 Å². The van der Waals surface area contributed by atoms with Gasteiger partial charge < -0.3 is 16.0 Å². The number of aryl methyl sites for hydroxylation is 1. The van der Waals surface area contributed by atoms with Gasteiger partial charge in [-0.1, -0.05) is 12.6 Å². The Morgan fingerprint density at radius 2 is 1.79 bits per heavy atom. The highest BCUT2D eigenvalue weighted by molar-refractivity contribution is 6.06. The highest BCUT2D eigenvalue weighted by Gasteiger charge is 2.32. The van der Waals surface area contributed by atoms with Gasteiger partial charge in [-0.05, 0) is 67.1 Å². The molecule has 0 radical (unpaired) electrons. The summed E-state index contributed by atoms with van der Waals surface area (Å²) in [7, 11) is 0. The molecule has 3 N–H and O–H groups in total. The van der Waals surface area contributed by atoms with Gasteiger partial charge in [0.25, 0.3) is 5.91 Å². The molecule has 0 unspecified atom stereocenters. The van der Waals surface area contributed by atoms with E-state index in [-0.39, 0.29) is 11.3 Å². The Labute approximate surface area is 215 Å². The summed E-state index contributed by atoms with van der Waals surface area (Å²) in [6.07, 6.45) is 1.11. The second-order valence-electron chi connectivity index (χ2n) is 8.11. The smallest absolute Gasteiger partial charge is 0.324 e. The van der Waals surface area contributed by atoms with Crippen LogP contribution < -0.4 is 16.0 Å². The van der Waals surface area contributed by atoms with E-state index in [1.165, 1.54) is 0 Å². The number of hydrogen-bond acceptors (Lipinski definition) is 6. The summed E-state index contributed by atoms with van der Waals surface area (Å²) in [5.41, 5.74) is 1.61. The molecule has 4 aromatic rings. The van der Waals surface area contributed by atoms with Crippen LogP contribution in [0.15, 0.2) is 85.8 Å². The summed E-state index contributed by atoms with van der Waals surface area (Å²) in [5, 5.41) is 7.95. The Kier molecular flexibility index (Phi) is 7.47. The number of aromatic nitrogens is 3. The van der Waals surface area contributed by atoms with Crippen LogP contribution in [0.25, 0.3) is 11.3 Å². The normalized spacial score (nSPS) is 10.9. The number of pyridine rings is 1. The molecule has 2 aromatic carbocycles. The fourth-order valence-electron chi connectivity index (χ4n) is 3.44. The fourth-order valence-corrected chi connectivity index (χ4v) is 3.44. The maximum atomic E-state index is 13.4. The highest BCUT2D eigenvalue weighted by atomic mass is 19.4. The Hall–Kier alpha value is -5.06. The van der Waals surface area contributed by atoms with Crippen molar-refractivity contribution in [3.05, 3.63) is 103 Å². The van der Waals surface area contributed by atoms with E-state index in [0.29, 0.717) is 29.1 Å². The van der Waals surface area contributed by atoms with Gasteiger partial charge >= 0.3 is 6.18 Å². The van der Waals surface area contributed by atoms with Crippen LogP contribution in [-0.2, 0) is 11.0 Å². The van der Waals surface area contributed by atoms with E-state index in [2.05, 4.69) is 37.5 Å². The molecule has 2 heterocycles. The molecule has 0 atom stereocenters. The number of halogens is 3. The number of benzene rings is 2. The monoisotopic (exact) mass is 518 g/mol. The molecule has 0 bridgehead atoms. The van der Waals surface area contributed by atoms with E-state index in [0.717, 1.165) is 29.3 Å². The third-order valence-corrected chi connectivity index (χ3v) is 5.33. The Balaban J connectivity index is 1.58. The van der Waals surface area contributed by atoms with E-state index in [1.807, 2.05) is 13.0 Å². The van der Waals surface area contributed by atoms with E-state index in [4.69, 9.17) is 0 Å². The van der Waals surface area contributed by atoms with Crippen molar-refractivity contribution in [2.75, 3.05) is 16.0 Å². The zero-order chi connectivity index (χ0) is 27.3. The molecule has 0 fully saturated rings. The average Bonchev–Trinajstić information content (AvgIpc) is 2.90. The van der Waals surface area contributed by atoms with Crippen LogP contribution in [0, 0.1) is 6.92 Å². The molecule has 0 aliphatic carbocycles. The number of carbonyl (C=O) groups excluding carboxylic acids is 2. The van der Waals surface area contributed by atoms with Crippen LogP contribution in [-0.4, -0.2) is 26.8 Å². The lowest BCUT2D eigenvalue weighted by atomic mass is 10.1. The quantitative estimate of drug-likeness (QED) is 0.260. The van der Waals surface area contributed by atoms with Crippen molar-refractivity contribution in [3.63, 3.8) is 0 Å². The van der Waals surface area contributed by atoms with Gasteiger partial charge in [0, 0.05) is 46.8 Å². The maximum Gasteiger partial charge on any atom is 0.416 e. The first-order chi connectivity index (χ1) is 18.1. The van der Waals surface area contributed by atoms with E-state index in [9.17, 15) is 22.8 Å². The number of rotatable bonds is 7. The van der Waals surface area contributed by atoms with E-state index < -0.39 is 23.6 Å². The zero-order valence-corrected chi connectivity index (χ0v) is 20.0. The van der Waals surface area contributed by atoms with Crippen LogP contribution in [0.3, 0.4) is 0 Å². The first kappa shape index (κ1) is 26.0. The van der Waals surface area contributed by atoms with Crippen molar-refractivity contribution >= 4 is 34.8 Å². The molecule has 4 rings (SSSR count). The van der Waals surface area contributed by atoms with Gasteiger partial charge in [0.2, 0.25) is 11.9 Å². The van der Waals surface area contributed by atoms with Gasteiger partial charge in [0.1, 0.15) is 0 Å². The lowest BCUT2D eigenvalue weighted by Gasteiger charge is -2.14. The second-order valence-corrected chi connectivity index (χ2v) is 8.11. The summed E-state index contributed by atoms with van der Waals surface area (Å²) in [6, 6.07) is 13.0. The van der Waals surface area contributed by atoms with E-state index >= 15 is 0 Å². The first-order valence-electron chi connectivity index (χ1n) is 11.2. The molecule has 0 saturated carbocycles. The van der Waals surface area contributed by atoms with Gasteiger partial charge in [0.05, 0.1) is 11.3 Å². The van der Waals surface area contributed by atoms with Gasteiger partial charge in [-0.15, -0.1) is 0 Å². The third-order valence-electron chi connectivity index (χ3n) is 5.33. The number of carbonyl (C=O) groups is 2. The molecule has 192 valence electrons. The van der Waals surface area contributed by atoms with Crippen LogP contribution in [0.2, 0.25) is 0 Å². The molecular weight excluding hydrogens is 497 g/mol. The predicted molar refractivity (Wildman–Crippen MR) is 138 cm³/mol. The minimum Gasteiger partial charge on any atom is -0.324 e. The summed E-state index contributed by atoms with van der Waals surface area (Å²) in [4.78, 5) is 37.3. The Bertz CT molecular complexity index is 1510. The molecule has 2 aromatic heterocycles. The topological polar surface area (TPSA) is 109 Å². The molecule has 0 saturated heterocycles. The summed E-state index contributed by atoms with van der Waals surface area (Å²) >= 11 is 0. The van der Waals surface area contributed by atoms with Crippen molar-refractivity contribution < 1.29 is 22.8 Å². The Morgan fingerprint density at radius 1 is 0.974 bits per heavy atom. The van der Waals surface area contributed by atoms with Crippen LogP contribution >= 0.6 is 0 Å². The lowest BCUT2D eigenvalue weighted by molar-refractivity contribution is -0.137. The summed E-state index contributed by atoms with van der Waals surface area (Å²) in [5.74, 6) is -1.20. The number of anilines is 4. The standard InChI is InChI=1S/C27H21F3N6O2/c1-3-24(37)33-21-12-18(11-19(13-21)27(28,29)30)25(38)34-20-7-6-16(2)23(14-20)36-26-32-10-8-22(35-26)17-5-4-9-31-15-17/h3-15H,1H2,2H3,(H,33,37)(H,34,38)(H,32,35,36). The first-order valence-corrected chi connectivity index (χ1v) is 11.2. The van der Waals surface area contributed by atoms with Crippen molar-refractivity contribution in [2.45, 2.75) is 13.1 Å². The molecular formula is C27H21F3N6O2. The van der Waals surface area contributed by atoms with Gasteiger partial charge in [0.15, 0.2) is 0 Å². The molecule has 2 amide bonds. The van der Waals surface area contributed by atoms with Crippen LogP contribution in [0.4, 0.5) is 36.2 Å². The van der Waals surface area contributed by atoms with Crippen molar-refractivity contribution in [1.82, 2.24) is 15.0 Å². The van der Waals surface area contributed by atoms with Gasteiger partial charge in [-0.3, -0.25) is 14.6 Å². The highest BCUT2D eigenvalue weighted by Crippen LogP contribution is 2.32. The van der Waals surface area contributed by atoms with Crippen molar-refractivity contribution in [2.24, 2.45) is 0 Å². The molecule has 11 heteroatoms. The van der Waals surface area contributed by atoms with E-state index in [1.54, 1.807) is 48.9 Å². The second kappa shape index (κ2) is 10.9. The SMILES string of the molecule is C=CC(=O)Nc1cc(C(=O)Nc2ccc(C)c(Nc3nccc(-c4cccnc4)n3)c2)cc(C(F)(F)F)c1. The minimum absolute atomic E-state index is 0.188. The number of nitrogens with one attached hydrogen (secondary N) is 3. The number of alkyl halides is 3. The fraction of sp³-hybridized carbons (Fsp3) is 0.0741. The molecule has 38 heavy (non-hydrogen) atoms. The maximum absolute atomic E-state index is 13.4. The lowest BCUT2D eigenvalue weighted by Crippen LogP contribution is -2.16. The summed E-state index contributed by atoms with van der Waals surface area (Å²) < 4.78 is 40.2. The number of amides is 2. The summed E-state index contributed by atoms with van der Waals surface area (Å²) in [6.45, 7) is 5.11. The largest absolute Gasteiger partial charge is 0.416 e. The molecule has 0 aliphatic rings. The molecule has 0 aliphatic heterocycles. The Morgan fingerprint density at radius 3 is 2.50 bits per heavy atom. The van der Waals surface area contributed by atoms with Crippen molar-refractivity contribution in [1.29, 1.82) is 0 Å². The molecule has 0 spiro atoms. The third kappa shape index (κ3) is 6.38. The van der Waals surface area contributed by atoms with Gasteiger partial charge in [-0.2, -0.15) is 13.2 Å². The zero-order valence-electron chi connectivity index (χ0n) is 20.0. The number of hydrogen-bond donors (Lipinski definition) is 3. The average molecular weight is 518 g/mol. The molecule has 8 nitrogen and oxygen atoms in total. The number of nitrogens with zero attached hydrogens (tertiary/aromatic N) is 3. The van der Waals surface area contributed by atoms with Crippen molar-refractivity contribution in [3.8, 4) is 11.3 Å². The minimum atomic E-state index is -4.73. The predicted octanol–water partition coefficient (Wildman–Crippen LogP) is 5.99.